The van der Waals surface area contributed by atoms with Gasteiger partial charge in [0.25, 0.3) is 0 Å². The van der Waals surface area contributed by atoms with Gasteiger partial charge in [-0.2, -0.15) is 0 Å². The summed E-state index contributed by atoms with van der Waals surface area (Å²) in [5.74, 6) is 0. The first-order valence-electron chi connectivity index (χ1n) is 6.02. The molecule has 2 heterocycles. The van der Waals surface area contributed by atoms with Crippen LogP contribution in [0.4, 0.5) is 10.5 Å². The summed E-state index contributed by atoms with van der Waals surface area (Å²) >= 11 is 0. The Balaban J connectivity index is 2.09. The van der Waals surface area contributed by atoms with E-state index in [0.717, 1.165) is 25.2 Å². The number of amides is 1. The van der Waals surface area contributed by atoms with Crippen LogP contribution in [0.2, 0.25) is 0 Å². The topological polar surface area (TPSA) is 41.6 Å². The molecule has 4 heteroatoms. The van der Waals surface area contributed by atoms with E-state index in [-0.39, 0.29) is 12.1 Å². The first-order chi connectivity index (χ1) is 8.25. The Morgan fingerprint density at radius 2 is 2.35 bits per heavy atom. The Morgan fingerprint density at radius 1 is 1.47 bits per heavy atom. The molecule has 1 aromatic rings. The molecule has 0 bridgehead atoms. The molecule has 17 heavy (non-hydrogen) atoms. The zero-order valence-electron chi connectivity index (χ0n) is 9.90. The van der Waals surface area contributed by atoms with Crippen molar-refractivity contribution in [3.05, 3.63) is 29.3 Å². The molecule has 3 rings (SSSR count). The van der Waals surface area contributed by atoms with Crippen molar-refractivity contribution in [1.29, 1.82) is 0 Å². The van der Waals surface area contributed by atoms with Crippen molar-refractivity contribution in [1.82, 2.24) is 5.32 Å². The molecular weight excluding hydrogens is 216 g/mol. The minimum absolute atomic E-state index is 0.177. The Hall–Kier alpha value is -1.55. The van der Waals surface area contributed by atoms with Gasteiger partial charge in [0.1, 0.15) is 6.61 Å². The highest BCUT2D eigenvalue weighted by Gasteiger charge is 2.35. The summed E-state index contributed by atoms with van der Waals surface area (Å²) in [6, 6.07) is 6.42. The van der Waals surface area contributed by atoms with E-state index in [0.29, 0.717) is 6.61 Å². The molecule has 1 N–H and O–H groups in total. The molecule has 0 aromatic heterocycles. The highest BCUT2D eigenvalue weighted by atomic mass is 16.6. The van der Waals surface area contributed by atoms with Crippen LogP contribution in [0.3, 0.4) is 0 Å². The molecule has 0 spiro atoms. The van der Waals surface area contributed by atoms with E-state index >= 15 is 0 Å². The third-order valence-corrected chi connectivity index (χ3v) is 3.43. The number of hydrogen-bond acceptors (Lipinski definition) is 3. The van der Waals surface area contributed by atoms with Gasteiger partial charge in [0.2, 0.25) is 0 Å². The second-order valence-electron chi connectivity index (χ2n) is 4.70. The Labute approximate surface area is 101 Å². The number of nitrogens with zero attached hydrogens (tertiary/aromatic N) is 1. The van der Waals surface area contributed by atoms with Crippen molar-refractivity contribution >= 4 is 11.8 Å². The minimum Gasteiger partial charge on any atom is -0.447 e. The normalized spacial score (nSPS) is 23.5. The number of nitrogens with one attached hydrogen (secondary N) is 1. The summed E-state index contributed by atoms with van der Waals surface area (Å²) < 4.78 is 5.17. The number of benzene rings is 1. The summed E-state index contributed by atoms with van der Waals surface area (Å²) in [5, 5.41) is 3.40. The zero-order valence-corrected chi connectivity index (χ0v) is 9.90. The van der Waals surface area contributed by atoms with Crippen LogP contribution in [0.25, 0.3) is 0 Å². The molecule has 0 saturated carbocycles. The second kappa shape index (κ2) is 4.04. The van der Waals surface area contributed by atoms with Gasteiger partial charge in [-0.3, -0.25) is 4.90 Å². The number of ether oxygens (including phenoxy) is 1. The van der Waals surface area contributed by atoms with Gasteiger partial charge in [-0.05, 0) is 37.1 Å². The van der Waals surface area contributed by atoms with Crippen molar-refractivity contribution in [3.8, 4) is 0 Å². The molecule has 0 aliphatic carbocycles. The van der Waals surface area contributed by atoms with E-state index in [4.69, 9.17) is 4.74 Å². The smallest absolute Gasteiger partial charge is 0.414 e. The number of fused-ring (bicyclic) bond motifs is 3. The van der Waals surface area contributed by atoms with Crippen LogP contribution in [0.5, 0.6) is 0 Å². The van der Waals surface area contributed by atoms with Crippen LogP contribution in [0.1, 0.15) is 17.5 Å². The lowest BCUT2D eigenvalue weighted by molar-refractivity contribution is 0.178. The number of rotatable bonds is 0. The molecule has 0 radical (unpaired) electrons. The lowest BCUT2D eigenvalue weighted by atomic mass is 10.0. The van der Waals surface area contributed by atoms with E-state index < -0.39 is 0 Å². The molecule has 90 valence electrons. The van der Waals surface area contributed by atoms with Gasteiger partial charge in [0.15, 0.2) is 0 Å². The van der Waals surface area contributed by atoms with Crippen LogP contribution in [-0.2, 0) is 11.3 Å². The fourth-order valence-electron chi connectivity index (χ4n) is 2.51. The summed E-state index contributed by atoms with van der Waals surface area (Å²) in [5.41, 5.74) is 3.34. The minimum atomic E-state index is -0.205. The number of hydrogen-bond donors (Lipinski definition) is 1. The van der Waals surface area contributed by atoms with Crippen LogP contribution >= 0.6 is 0 Å². The predicted molar refractivity (Wildman–Crippen MR) is 65.1 cm³/mol. The average molecular weight is 232 g/mol. The van der Waals surface area contributed by atoms with Gasteiger partial charge < -0.3 is 10.1 Å². The number of cyclic esters (lactones) is 1. The predicted octanol–water partition coefficient (Wildman–Crippen LogP) is 1.81. The summed E-state index contributed by atoms with van der Waals surface area (Å²) in [6.45, 7) is 4.29. The van der Waals surface area contributed by atoms with Crippen LogP contribution in [-0.4, -0.2) is 25.3 Å². The molecule has 1 atom stereocenters. The molecule has 1 fully saturated rings. The average Bonchev–Trinajstić information content (AvgIpc) is 2.64. The monoisotopic (exact) mass is 232 g/mol. The molecule has 0 unspecified atom stereocenters. The van der Waals surface area contributed by atoms with Gasteiger partial charge in [0, 0.05) is 6.54 Å². The highest BCUT2D eigenvalue weighted by Crippen LogP contribution is 2.30. The third kappa shape index (κ3) is 1.78. The zero-order chi connectivity index (χ0) is 11.8. The highest BCUT2D eigenvalue weighted by molar-refractivity contribution is 5.91. The molecular formula is C13H16N2O2. The van der Waals surface area contributed by atoms with E-state index in [1.807, 2.05) is 11.8 Å². The van der Waals surface area contributed by atoms with E-state index in [2.05, 4.69) is 23.5 Å². The van der Waals surface area contributed by atoms with E-state index in [9.17, 15) is 4.79 Å². The third-order valence-electron chi connectivity index (χ3n) is 3.43. The quantitative estimate of drug-likeness (QED) is 0.741. The fourth-order valence-corrected chi connectivity index (χ4v) is 2.51. The largest absolute Gasteiger partial charge is 0.447 e. The number of aryl methyl sites for hydroxylation is 1. The van der Waals surface area contributed by atoms with Crippen molar-refractivity contribution < 1.29 is 9.53 Å². The lowest BCUT2D eigenvalue weighted by Gasteiger charge is -2.27. The first kappa shape index (κ1) is 10.6. The van der Waals surface area contributed by atoms with Crippen molar-refractivity contribution in [2.45, 2.75) is 25.9 Å². The molecule has 4 nitrogen and oxygen atoms in total. The Morgan fingerprint density at radius 3 is 3.24 bits per heavy atom. The summed E-state index contributed by atoms with van der Waals surface area (Å²) in [6.07, 6.45) is 0.739. The number of carbonyl (C=O) groups excluding carboxylic acids is 1. The van der Waals surface area contributed by atoms with Crippen molar-refractivity contribution in [2.75, 3.05) is 18.1 Å². The first-order valence-corrected chi connectivity index (χ1v) is 6.02. The number of anilines is 1. The molecule has 1 amide bonds. The van der Waals surface area contributed by atoms with Gasteiger partial charge in [0.05, 0.1) is 11.7 Å². The fraction of sp³-hybridized carbons (Fsp3) is 0.462. The number of carbonyl (C=O) groups is 1. The standard InChI is InChI=1S/C13H16N2O2/c1-9-2-3-10-7-14-5-4-11-8-17-13(16)15(11)12(10)6-9/h2-3,6,11,14H,4-5,7-8H2,1H3/t11-/m0/s1. The maximum atomic E-state index is 11.8. The summed E-state index contributed by atoms with van der Waals surface area (Å²) in [4.78, 5) is 13.7. The van der Waals surface area contributed by atoms with E-state index in [1.54, 1.807) is 0 Å². The lowest BCUT2D eigenvalue weighted by Crippen LogP contribution is -2.38. The van der Waals surface area contributed by atoms with Gasteiger partial charge >= 0.3 is 6.09 Å². The van der Waals surface area contributed by atoms with Crippen LogP contribution < -0.4 is 10.2 Å². The van der Waals surface area contributed by atoms with Crippen LogP contribution in [0.15, 0.2) is 18.2 Å². The van der Waals surface area contributed by atoms with Crippen molar-refractivity contribution in [3.63, 3.8) is 0 Å². The van der Waals surface area contributed by atoms with Crippen molar-refractivity contribution in [2.24, 2.45) is 0 Å². The molecule has 1 saturated heterocycles. The Bertz CT molecular complexity index is 459. The maximum Gasteiger partial charge on any atom is 0.414 e. The second-order valence-corrected chi connectivity index (χ2v) is 4.70. The SMILES string of the molecule is Cc1ccc2c(c1)N1C(=O)OC[C@@H]1CCNC2. The van der Waals surface area contributed by atoms with Gasteiger partial charge in [-0.25, -0.2) is 4.79 Å². The van der Waals surface area contributed by atoms with Gasteiger partial charge in [-0.15, -0.1) is 0 Å². The molecule has 1 aromatic carbocycles. The van der Waals surface area contributed by atoms with Gasteiger partial charge in [-0.1, -0.05) is 12.1 Å². The van der Waals surface area contributed by atoms with Crippen LogP contribution in [0, 0.1) is 6.92 Å². The Kier molecular flexibility index (Phi) is 2.52. The summed E-state index contributed by atoms with van der Waals surface area (Å²) in [7, 11) is 0. The molecule has 2 aliphatic rings. The van der Waals surface area contributed by atoms with E-state index in [1.165, 1.54) is 11.1 Å². The molecule has 2 aliphatic heterocycles. The maximum absolute atomic E-state index is 11.8.